The van der Waals surface area contributed by atoms with Gasteiger partial charge in [0.1, 0.15) is 6.61 Å². The topological polar surface area (TPSA) is 64.4 Å². The Morgan fingerprint density at radius 2 is 2.12 bits per heavy atom. The molecule has 0 spiro atoms. The van der Waals surface area contributed by atoms with E-state index < -0.39 is 5.91 Å². The number of hydrogen-bond acceptors (Lipinski definition) is 3. The fourth-order valence-corrected chi connectivity index (χ4v) is 1.73. The first-order valence-corrected chi connectivity index (χ1v) is 5.48. The highest BCUT2D eigenvalue weighted by atomic mass is 16.6. The van der Waals surface area contributed by atoms with Crippen molar-refractivity contribution in [2.24, 2.45) is 11.7 Å². The van der Waals surface area contributed by atoms with Gasteiger partial charge in [-0.3, -0.25) is 9.63 Å². The quantitative estimate of drug-likeness (QED) is 0.707. The van der Waals surface area contributed by atoms with Crippen LogP contribution in [0.4, 0.5) is 0 Å². The molecule has 0 aromatic heterocycles. The van der Waals surface area contributed by atoms with Crippen LogP contribution in [0.5, 0.6) is 0 Å². The highest BCUT2D eigenvalue weighted by Gasteiger charge is 2.32. The van der Waals surface area contributed by atoms with Gasteiger partial charge in [0.05, 0.1) is 6.04 Å². The van der Waals surface area contributed by atoms with Crippen molar-refractivity contribution in [1.82, 2.24) is 5.48 Å². The van der Waals surface area contributed by atoms with Crippen LogP contribution in [0.25, 0.3) is 0 Å². The van der Waals surface area contributed by atoms with E-state index in [1.165, 1.54) is 18.4 Å². The van der Waals surface area contributed by atoms with Gasteiger partial charge in [0.15, 0.2) is 0 Å². The summed E-state index contributed by atoms with van der Waals surface area (Å²) in [6.45, 7) is -0.0872. The first kappa shape index (κ1) is 11.1. The average molecular weight is 220 g/mol. The van der Waals surface area contributed by atoms with Crippen LogP contribution in [0, 0.1) is 5.92 Å². The maximum absolute atomic E-state index is 10.6. The molecular formula is C12H16N2O2. The molecule has 1 aromatic rings. The van der Waals surface area contributed by atoms with E-state index in [1.807, 2.05) is 18.2 Å². The maximum Gasteiger partial charge on any atom is 0.245 e. The Bertz CT molecular complexity index is 349. The van der Waals surface area contributed by atoms with Crippen molar-refractivity contribution >= 4 is 5.91 Å². The summed E-state index contributed by atoms with van der Waals surface area (Å²) < 4.78 is 0. The molecule has 1 saturated carbocycles. The van der Waals surface area contributed by atoms with E-state index in [0.29, 0.717) is 5.92 Å². The Morgan fingerprint density at radius 1 is 1.44 bits per heavy atom. The second kappa shape index (κ2) is 5.09. The molecule has 0 radical (unpaired) electrons. The summed E-state index contributed by atoms with van der Waals surface area (Å²) >= 11 is 0. The van der Waals surface area contributed by atoms with E-state index in [1.54, 1.807) is 0 Å². The minimum Gasteiger partial charge on any atom is -0.368 e. The van der Waals surface area contributed by atoms with E-state index in [9.17, 15) is 4.79 Å². The molecule has 3 N–H and O–H groups in total. The SMILES string of the molecule is NC(=O)CONC(c1ccccc1)C1CC1. The van der Waals surface area contributed by atoms with Crippen LogP contribution in [0.3, 0.4) is 0 Å². The molecule has 0 saturated heterocycles. The number of benzene rings is 1. The number of hydroxylamine groups is 1. The predicted molar refractivity (Wildman–Crippen MR) is 60.2 cm³/mol. The van der Waals surface area contributed by atoms with Gasteiger partial charge in [0.2, 0.25) is 5.91 Å². The Labute approximate surface area is 94.7 Å². The van der Waals surface area contributed by atoms with Gasteiger partial charge < -0.3 is 5.73 Å². The molecule has 86 valence electrons. The molecule has 1 fully saturated rings. The summed E-state index contributed by atoms with van der Waals surface area (Å²) in [6, 6.07) is 10.3. The standard InChI is InChI=1S/C12H16N2O2/c13-11(15)8-16-14-12(10-6-7-10)9-4-2-1-3-5-9/h1-5,10,12,14H,6-8H2,(H2,13,15). The Morgan fingerprint density at radius 3 is 2.69 bits per heavy atom. The van der Waals surface area contributed by atoms with Crippen LogP contribution in [0.1, 0.15) is 24.4 Å². The molecule has 1 aliphatic rings. The number of carbonyl (C=O) groups excluding carboxylic acids is 1. The molecule has 1 amide bonds. The molecule has 1 unspecified atom stereocenters. The van der Waals surface area contributed by atoms with Gasteiger partial charge >= 0.3 is 0 Å². The highest BCUT2D eigenvalue weighted by molar-refractivity contribution is 5.74. The van der Waals surface area contributed by atoms with E-state index >= 15 is 0 Å². The van der Waals surface area contributed by atoms with Crippen LogP contribution in [-0.4, -0.2) is 12.5 Å². The summed E-state index contributed by atoms with van der Waals surface area (Å²) in [5.74, 6) is 0.144. The van der Waals surface area contributed by atoms with Crippen LogP contribution in [-0.2, 0) is 9.63 Å². The van der Waals surface area contributed by atoms with Crippen LogP contribution in [0.15, 0.2) is 30.3 Å². The summed E-state index contributed by atoms with van der Waals surface area (Å²) in [5.41, 5.74) is 9.12. The first-order valence-electron chi connectivity index (χ1n) is 5.48. The lowest BCUT2D eigenvalue weighted by molar-refractivity contribution is -0.126. The number of carbonyl (C=O) groups is 1. The van der Waals surface area contributed by atoms with Crippen molar-refractivity contribution in [3.63, 3.8) is 0 Å². The second-order valence-corrected chi connectivity index (χ2v) is 4.10. The van der Waals surface area contributed by atoms with Gasteiger partial charge in [-0.25, -0.2) is 0 Å². The molecular weight excluding hydrogens is 204 g/mol. The third kappa shape index (κ3) is 3.05. The van der Waals surface area contributed by atoms with Crippen molar-refractivity contribution in [2.75, 3.05) is 6.61 Å². The van der Waals surface area contributed by atoms with Gasteiger partial charge in [-0.05, 0) is 24.3 Å². The summed E-state index contributed by atoms with van der Waals surface area (Å²) in [4.78, 5) is 15.6. The maximum atomic E-state index is 10.6. The molecule has 0 bridgehead atoms. The number of amides is 1. The lowest BCUT2D eigenvalue weighted by atomic mass is 10.0. The van der Waals surface area contributed by atoms with Crippen molar-refractivity contribution < 1.29 is 9.63 Å². The second-order valence-electron chi connectivity index (χ2n) is 4.10. The summed E-state index contributed by atoms with van der Waals surface area (Å²) in [7, 11) is 0. The van der Waals surface area contributed by atoms with Gasteiger partial charge in [-0.2, -0.15) is 5.48 Å². The molecule has 4 heteroatoms. The molecule has 0 aliphatic heterocycles. The van der Waals surface area contributed by atoms with Gasteiger partial charge in [0.25, 0.3) is 0 Å². The molecule has 4 nitrogen and oxygen atoms in total. The van der Waals surface area contributed by atoms with E-state index in [0.717, 1.165) is 0 Å². The van der Waals surface area contributed by atoms with Gasteiger partial charge in [0, 0.05) is 0 Å². The van der Waals surface area contributed by atoms with Crippen molar-refractivity contribution in [3.8, 4) is 0 Å². The lowest BCUT2D eigenvalue weighted by Crippen LogP contribution is -2.28. The van der Waals surface area contributed by atoms with Crippen LogP contribution >= 0.6 is 0 Å². The van der Waals surface area contributed by atoms with E-state index in [2.05, 4.69) is 17.6 Å². The number of nitrogens with one attached hydrogen (secondary N) is 1. The minimum atomic E-state index is -0.463. The number of nitrogens with two attached hydrogens (primary N) is 1. The van der Waals surface area contributed by atoms with Crippen LogP contribution in [0.2, 0.25) is 0 Å². The lowest BCUT2D eigenvalue weighted by Gasteiger charge is -2.17. The van der Waals surface area contributed by atoms with Gasteiger partial charge in [-0.1, -0.05) is 30.3 Å². The summed E-state index contributed by atoms with van der Waals surface area (Å²) in [5, 5.41) is 0. The fraction of sp³-hybridized carbons (Fsp3) is 0.417. The fourth-order valence-electron chi connectivity index (χ4n) is 1.73. The smallest absolute Gasteiger partial charge is 0.245 e. The van der Waals surface area contributed by atoms with Crippen LogP contribution < -0.4 is 11.2 Å². The molecule has 1 aliphatic carbocycles. The van der Waals surface area contributed by atoms with E-state index in [4.69, 9.17) is 10.6 Å². The zero-order chi connectivity index (χ0) is 11.4. The van der Waals surface area contributed by atoms with Crippen molar-refractivity contribution in [3.05, 3.63) is 35.9 Å². The third-order valence-corrected chi connectivity index (χ3v) is 2.68. The number of rotatable bonds is 6. The summed E-state index contributed by atoms with van der Waals surface area (Å²) in [6.07, 6.45) is 2.40. The number of hydrogen-bond donors (Lipinski definition) is 2. The molecule has 16 heavy (non-hydrogen) atoms. The first-order chi connectivity index (χ1) is 7.77. The van der Waals surface area contributed by atoms with Crippen molar-refractivity contribution in [2.45, 2.75) is 18.9 Å². The Balaban J connectivity index is 1.93. The minimum absolute atomic E-state index is 0.0872. The zero-order valence-corrected chi connectivity index (χ0v) is 9.06. The predicted octanol–water partition coefficient (Wildman–Crippen LogP) is 1.14. The molecule has 1 aromatic carbocycles. The average Bonchev–Trinajstić information content (AvgIpc) is 3.09. The van der Waals surface area contributed by atoms with Crippen molar-refractivity contribution in [1.29, 1.82) is 0 Å². The third-order valence-electron chi connectivity index (χ3n) is 2.68. The highest BCUT2D eigenvalue weighted by Crippen LogP contribution is 2.40. The molecule has 0 heterocycles. The van der Waals surface area contributed by atoms with Gasteiger partial charge in [-0.15, -0.1) is 0 Å². The largest absolute Gasteiger partial charge is 0.368 e. The zero-order valence-electron chi connectivity index (χ0n) is 9.06. The molecule has 1 atom stereocenters. The Kier molecular flexibility index (Phi) is 3.54. The monoisotopic (exact) mass is 220 g/mol. The number of primary amides is 1. The molecule has 2 rings (SSSR count). The normalized spacial score (nSPS) is 17.0. The Hall–Kier alpha value is -1.39. The van der Waals surface area contributed by atoms with E-state index in [-0.39, 0.29) is 12.6 Å².